The number of nitrogens with zero attached hydrogens (tertiary/aromatic N) is 2. The number of fused-ring (bicyclic) bond motifs is 1. The van der Waals surface area contributed by atoms with E-state index in [1.807, 2.05) is 25.1 Å². The molecular formula is C13H8Cl2N2S. The Balaban J connectivity index is 2.33. The maximum atomic E-state index is 6.14. The third-order valence-electron chi connectivity index (χ3n) is 2.75. The molecule has 0 aliphatic heterocycles. The van der Waals surface area contributed by atoms with Crippen molar-refractivity contribution >= 4 is 44.8 Å². The van der Waals surface area contributed by atoms with Gasteiger partial charge in [0.25, 0.3) is 0 Å². The van der Waals surface area contributed by atoms with Gasteiger partial charge in [0, 0.05) is 4.88 Å². The van der Waals surface area contributed by atoms with E-state index in [1.165, 1.54) is 0 Å². The lowest BCUT2D eigenvalue weighted by Gasteiger charge is -1.99. The molecule has 0 atom stereocenters. The highest BCUT2D eigenvalue weighted by molar-refractivity contribution is 7.22. The molecule has 2 aromatic heterocycles. The molecule has 0 spiro atoms. The lowest BCUT2D eigenvalue weighted by molar-refractivity contribution is 1.23. The van der Waals surface area contributed by atoms with Gasteiger partial charge in [0.05, 0.1) is 5.39 Å². The van der Waals surface area contributed by atoms with E-state index in [1.54, 1.807) is 11.3 Å². The van der Waals surface area contributed by atoms with Gasteiger partial charge in [0.1, 0.15) is 9.98 Å². The van der Waals surface area contributed by atoms with Crippen LogP contribution in [-0.2, 0) is 0 Å². The first-order valence-electron chi connectivity index (χ1n) is 5.34. The molecular weight excluding hydrogens is 287 g/mol. The Kier molecular flexibility index (Phi) is 2.98. The van der Waals surface area contributed by atoms with Crippen LogP contribution in [0.4, 0.5) is 0 Å². The summed E-state index contributed by atoms with van der Waals surface area (Å²) in [4.78, 5) is 10.2. The minimum absolute atomic E-state index is 0.188. The largest absolute Gasteiger partial charge is 0.225 e. The Morgan fingerprint density at radius 3 is 2.50 bits per heavy atom. The summed E-state index contributed by atoms with van der Waals surface area (Å²) in [6.45, 7) is 2.03. The molecule has 3 aromatic rings. The zero-order chi connectivity index (χ0) is 12.7. The van der Waals surface area contributed by atoms with E-state index in [2.05, 4.69) is 22.1 Å². The van der Waals surface area contributed by atoms with Gasteiger partial charge >= 0.3 is 0 Å². The SMILES string of the molecule is Cc1c(-c2ccccc2)sc2nc(Cl)nc(Cl)c12. The van der Waals surface area contributed by atoms with Crippen LogP contribution in [0, 0.1) is 6.92 Å². The minimum atomic E-state index is 0.188. The van der Waals surface area contributed by atoms with Gasteiger partial charge in [-0.15, -0.1) is 11.3 Å². The number of thiophene rings is 1. The molecule has 2 nitrogen and oxygen atoms in total. The molecule has 90 valence electrons. The van der Waals surface area contributed by atoms with Gasteiger partial charge < -0.3 is 0 Å². The third-order valence-corrected chi connectivity index (χ3v) is 4.43. The number of aryl methyl sites for hydroxylation is 1. The van der Waals surface area contributed by atoms with Gasteiger partial charge in [-0.1, -0.05) is 41.9 Å². The van der Waals surface area contributed by atoms with E-state index in [4.69, 9.17) is 23.2 Å². The second-order valence-electron chi connectivity index (χ2n) is 3.89. The van der Waals surface area contributed by atoms with Crippen molar-refractivity contribution in [2.45, 2.75) is 6.92 Å². The van der Waals surface area contributed by atoms with Crippen molar-refractivity contribution in [3.63, 3.8) is 0 Å². The Hall–Kier alpha value is -1.16. The predicted molar refractivity (Wildman–Crippen MR) is 77.6 cm³/mol. The summed E-state index contributed by atoms with van der Waals surface area (Å²) in [6.07, 6.45) is 0. The van der Waals surface area contributed by atoms with Gasteiger partial charge in [-0.2, -0.15) is 0 Å². The number of rotatable bonds is 1. The van der Waals surface area contributed by atoms with Crippen molar-refractivity contribution in [2.24, 2.45) is 0 Å². The number of hydrogen-bond donors (Lipinski definition) is 0. The van der Waals surface area contributed by atoms with Crippen LogP contribution in [0.1, 0.15) is 5.56 Å². The Bertz CT molecular complexity index is 723. The van der Waals surface area contributed by atoms with Crippen molar-refractivity contribution in [3.8, 4) is 10.4 Å². The summed E-state index contributed by atoms with van der Waals surface area (Å²) in [5, 5.41) is 1.50. The fourth-order valence-electron chi connectivity index (χ4n) is 1.93. The topological polar surface area (TPSA) is 25.8 Å². The van der Waals surface area contributed by atoms with Crippen molar-refractivity contribution in [1.29, 1.82) is 0 Å². The molecule has 0 amide bonds. The molecule has 18 heavy (non-hydrogen) atoms. The van der Waals surface area contributed by atoms with Crippen molar-refractivity contribution in [1.82, 2.24) is 9.97 Å². The van der Waals surface area contributed by atoms with E-state index >= 15 is 0 Å². The highest BCUT2D eigenvalue weighted by Crippen LogP contribution is 2.39. The van der Waals surface area contributed by atoms with Crippen molar-refractivity contribution in [2.75, 3.05) is 0 Å². The highest BCUT2D eigenvalue weighted by Gasteiger charge is 2.15. The molecule has 1 aromatic carbocycles. The summed E-state index contributed by atoms with van der Waals surface area (Å²) in [7, 11) is 0. The van der Waals surface area contributed by atoms with Gasteiger partial charge in [0.15, 0.2) is 0 Å². The maximum Gasteiger partial charge on any atom is 0.225 e. The number of halogens is 2. The Morgan fingerprint density at radius 1 is 1.06 bits per heavy atom. The fourth-order valence-corrected chi connectivity index (χ4v) is 3.75. The van der Waals surface area contributed by atoms with Gasteiger partial charge in [-0.3, -0.25) is 0 Å². The molecule has 5 heteroatoms. The van der Waals surface area contributed by atoms with E-state index in [9.17, 15) is 0 Å². The van der Waals surface area contributed by atoms with Crippen molar-refractivity contribution < 1.29 is 0 Å². The standard InChI is InChI=1S/C13H8Cl2N2S/c1-7-9-11(14)16-13(15)17-12(9)18-10(7)8-5-3-2-4-6-8/h2-6H,1H3. The quantitative estimate of drug-likeness (QED) is 0.467. The smallest absolute Gasteiger partial charge is 0.207 e. The Morgan fingerprint density at radius 2 is 1.78 bits per heavy atom. The number of hydrogen-bond acceptors (Lipinski definition) is 3. The molecule has 0 N–H and O–H groups in total. The van der Waals surface area contributed by atoms with E-state index in [-0.39, 0.29) is 5.28 Å². The van der Waals surface area contributed by atoms with Crippen LogP contribution in [-0.4, -0.2) is 9.97 Å². The molecule has 2 heterocycles. The van der Waals surface area contributed by atoms with Gasteiger partial charge in [-0.25, -0.2) is 9.97 Å². The zero-order valence-corrected chi connectivity index (χ0v) is 11.8. The van der Waals surface area contributed by atoms with Crippen LogP contribution < -0.4 is 0 Å². The summed E-state index contributed by atoms with van der Waals surface area (Å²) < 4.78 is 0. The van der Waals surface area contributed by atoms with E-state index in [0.717, 1.165) is 26.2 Å². The van der Waals surface area contributed by atoms with Gasteiger partial charge in [-0.05, 0) is 29.7 Å². The van der Waals surface area contributed by atoms with Crippen LogP contribution in [0.25, 0.3) is 20.7 Å². The summed E-state index contributed by atoms with van der Waals surface area (Å²) >= 11 is 13.6. The average molecular weight is 295 g/mol. The lowest BCUT2D eigenvalue weighted by atomic mass is 10.1. The number of aromatic nitrogens is 2. The second kappa shape index (κ2) is 4.50. The van der Waals surface area contributed by atoms with Gasteiger partial charge in [0.2, 0.25) is 5.28 Å². The lowest BCUT2D eigenvalue weighted by Crippen LogP contribution is -1.84. The number of benzene rings is 1. The van der Waals surface area contributed by atoms with Crippen LogP contribution in [0.2, 0.25) is 10.4 Å². The molecule has 3 rings (SSSR count). The fraction of sp³-hybridized carbons (Fsp3) is 0.0769. The second-order valence-corrected chi connectivity index (χ2v) is 5.58. The molecule has 0 saturated carbocycles. The predicted octanol–water partition coefficient (Wildman–Crippen LogP) is 4.97. The van der Waals surface area contributed by atoms with E-state index < -0.39 is 0 Å². The first-order chi connectivity index (χ1) is 8.66. The first kappa shape index (κ1) is 11.9. The average Bonchev–Trinajstić information content (AvgIpc) is 2.67. The summed E-state index contributed by atoms with van der Waals surface area (Å²) in [5.41, 5.74) is 2.26. The molecule has 0 unspecified atom stereocenters. The van der Waals surface area contributed by atoms with E-state index in [0.29, 0.717) is 5.15 Å². The summed E-state index contributed by atoms with van der Waals surface area (Å²) in [6, 6.07) is 10.2. The molecule has 0 bridgehead atoms. The molecule has 0 saturated heterocycles. The molecule has 0 radical (unpaired) electrons. The highest BCUT2D eigenvalue weighted by atomic mass is 35.5. The normalized spacial score (nSPS) is 11.1. The first-order valence-corrected chi connectivity index (χ1v) is 6.91. The van der Waals surface area contributed by atoms with Crippen LogP contribution in [0.3, 0.4) is 0 Å². The molecule has 0 aliphatic rings. The van der Waals surface area contributed by atoms with Crippen LogP contribution in [0.15, 0.2) is 30.3 Å². The zero-order valence-electron chi connectivity index (χ0n) is 9.45. The summed E-state index contributed by atoms with van der Waals surface area (Å²) in [5.74, 6) is 0. The Labute approximate surface area is 118 Å². The third kappa shape index (κ3) is 1.88. The van der Waals surface area contributed by atoms with Crippen LogP contribution in [0.5, 0.6) is 0 Å². The van der Waals surface area contributed by atoms with Crippen molar-refractivity contribution in [3.05, 3.63) is 46.3 Å². The molecule has 0 fully saturated rings. The monoisotopic (exact) mass is 294 g/mol. The molecule has 0 aliphatic carbocycles. The maximum absolute atomic E-state index is 6.14. The van der Waals surface area contributed by atoms with Crippen LogP contribution >= 0.6 is 34.5 Å². The minimum Gasteiger partial charge on any atom is -0.207 e.